The van der Waals surface area contributed by atoms with Gasteiger partial charge in [0.1, 0.15) is 0 Å². The third-order valence-electron chi connectivity index (χ3n) is 2.28. The Bertz CT molecular complexity index is 598. The average molecular weight is 301 g/mol. The molecule has 0 atom stereocenters. The van der Waals surface area contributed by atoms with Crippen molar-refractivity contribution >= 4 is 29.2 Å². The number of halogens is 2. The van der Waals surface area contributed by atoms with Crippen LogP contribution in [-0.2, 0) is 11.2 Å². The van der Waals surface area contributed by atoms with Gasteiger partial charge in [0, 0.05) is 16.5 Å². The summed E-state index contributed by atoms with van der Waals surface area (Å²) in [6.07, 6.45) is 0.346. The zero-order valence-electron chi connectivity index (χ0n) is 10.0. The van der Waals surface area contributed by atoms with E-state index in [2.05, 4.69) is 10.1 Å². The normalized spacial score (nSPS) is 10.5. The maximum absolute atomic E-state index is 11.4. The SMILES string of the molecule is CCOC(=O)c1nc(Cc2ccc(Cl)cc2Cl)no1. The highest BCUT2D eigenvalue weighted by molar-refractivity contribution is 6.35. The number of ether oxygens (including phenoxy) is 1. The van der Waals surface area contributed by atoms with E-state index < -0.39 is 5.97 Å². The minimum Gasteiger partial charge on any atom is -0.459 e. The van der Waals surface area contributed by atoms with E-state index >= 15 is 0 Å². The number of carbonyl (C=O) groups excluding carboxylic acids is 1. The largest absolute Gasteiger partial charge is 0.459 e. The maximum Gasteiger partial charge on any atom is 0.397 e. The molecule has 0 saturated carbocycles. The Morgan fingerprint density at radius 3 is 2.89 bits per heavy atom. The molecule has 0 spiro atoms. The van der Waals surface area contributed by atoms with Gasteiger partial charge in [-0.15, -0.1) is 0 Å². The number of aromatic nitrogens is 2. The van der Waals surface area contributed by atoms with Crippen molar-refractivity contribution in [2.24, 2.45) is 0 Å². The van der Waals surface area contributed by atoms with Gasteiger partial charge in [-0.1, -0.05) is 34.4 Å². The zero-order chi connectivity index (χ0) is 13.8. The monoisotopic (exact) mass is 300 g/mol. The summed E-state index contributed by atoms with van der Waals surface area (Å²) in [6.45, 7) is 1.95. The van der Waals surface area contributed by atoms with E-state index in [0.29, 0.717) is 22.3 Å². The highest BCUT2D eigenvalue weighted by atomic mass is 35.5. The quantitative estimate of drug-likeness (QED) is 0.812. The van der Waals surface area contributed by atoms with Crippen molar-refractivity contribution in [3.8, 4) is 0 Å². The maximum atomic E-state index is 11.4. The minimum absolute atomic E-state index is 0.165. The number of esters is 1. The third kappa shape index (κ3) is 3.45. The van der Waals surface area contributed by atoms with Crippen LogP contribution in [0, 0.1) is 0 Å². The molecule has 7 heteroatoms. The molecule has 0 saturated heterocycles. The van der Waals surface area contributed by atoms with Crippen LogP contribution in [0.4, 0.5) is 0 Å². The molecule has 0 unspecified atom stereocenters. The molecule has 1 aromatic heterocycles. The van der Waals surface area contributed by atoms with Crippen molar-refractivity contribution in [2.75, 3.05) is 6.61 Å². The van der Waals surface area contributed by atoms with E-state index in [9.17, 15) is 4.79 Å². The Morgan fingerprint density at radius 1 is 1.42 bits per heavy atom. The lowest BCUT2D eigenvalue weighted by molar-refractivity contribution is 0.0470. The summed E-state index contributed by atoms with van der Waals surface area (Å²) in [4.78, 5) is 15.3. The molecule has 19 heavy (non-hydrogen) atoms. The Labute approximate surface area is 119 Å². The fraction of sp³-hybridized carbons (Fsp3) is 0.250. The summed E-state index contributed by atoms with van der Waals surface area (Å²) in [7, 11) is 0. The van der Waals surface area contributed by atoms with Crippen molar-refractivity contribution in [3.63, 3.8) is 0 Å². The van der Waals surface area contributed by atoms with Crippen LogP contribution in [0.5, 0.6) is 0 Å². The summed E-state index contributed by atoms with van der Waals surface area (Å²) < 4.78 is 9.56. The Hall–Kier alpha value is -1.59. The smallest absolute Gasteiger partial charge is 0.397 e. The number of rotatable bonds is 4. The Morgan fingerprint density at radius 2 is 2.21 bits per heavy atom. The van der Waals surface area contributed by atoms with Crippen LogP contribution in [0.1, 0.15) is 29.0 Å². The van der Waals surface area contributed by atoms with Crippen LogP contribution in [0.2, 0.25) is 10.0 Å². The molecule has 2 rings (SSSR count). The van der Waals surface area contributed by atoms with Crippen LogP contribution >= 0.6 is 23.2 Å². The molecule has 100 valence electrons. The first-order valence-electron chi connectivity index (χ1n) is 5.53. The zero-order valence-corrected chi connectivity index (χ0v) is 11.5. The Kier molecular flexibility index (Phi) is 4.39. The topological polar surface area (TPSA) is 65.2 Å². The highest BCUT2D eigenvalue weighted by Gasteiger charge is 2.16. The number of hydrogen-bond acceptors (Lipinski definition) is 5. The lowest BCUT2D eigenvalue weighted by Crippen LogP contribution is -2.05. The van der Waals surface area contributed by atoms with Gasteiger partial charge in [-0.3, -0.25) is 0 Å². The standard InChI is InChI=1S/C12H10Cl2N2O3/c1-2-18-12(17)11-15-10(16-19-11)5-7-3-4-8(13)6-9(7)14/h3-4,6H,2,5H2,1H3. The summed E-state index contributed by atoms with van der Waals surface area (Å²) in [5.41, 5.74) is 0.794. The van der Waals surface area contributed by atoms with Crippen LogP contribution in [0.25, 0.3) is 0 Å². The Balaban J connectivity index is 2.13. The van der Waals surface area contributed by atoms with Gasteiger partial charge in [-0.2, -0.15) is 4.98 Å². The first-order chi connectivity index (χ1) is 9.10. The van der Waals surface area contributed by atoms with Gasteiger partial charge in [0.05, 0.1) is 6.61 Å². The first-order valence-corrected chi connectivity index (χ1v) is 6.29. The lowest BCUT2D eigenvalue weighted by atomic mass is 10.1. The second-order valence-corrected chi connectivity index (χ2v) is 4.49. The number of hydrogen-bond donors (Lipinski definition) is 0. The summed E-state index contributed by atoms with van der Waals surface area (Å²) in [5, 5.41) is 4.76. The van der Waals surface area contributed by atoms with Gasteiger partial charge in [0.15, 0.2) is 5.82 Å². The highest BCUT2D eigenvalue weighted by Crippen LogP contribution is 2.22. The molecule has 1 aromatic carbocycles. The third-order valence-corrected chi connectivity index (χ3v) is 2.87. The summed E-state index contributed by atoms with van der Waals surface area (Å²) in [5.74, 6) is -0.447. The van der Waals surface area contributed by atoms with Crippen molar-refractivity contribution in [2.45, 2.75) is 13.3 Å². The molecule has 2 aromatic rings. The van der Waals surface area contributed by atoms with Gasteiger partial charge in [0.2, 0.25) is 0 Å². The molecule has 0 amide bonds. The van der Waals surface area contributed by atoms with E-state index in [-0.39, 0.29) is 12.5 Å². The van der Waals surface area contributed by atoms with E-state index in [1.807, 2.05) is 0 Å². The summed E-state index contributed by atoms with van der Waals surface area (Å²) >= 11 is 11.8. The predicted octanol–water partition coefficient (Wildman–Crippen LogP) is 3.14. The number of nitrogens with zero attached hydrogens (tertiary/aromatic N) is 2. The molecule has 1 heterocycles. The molecule has 0 radical (unpaired) electrons. The molecule has 0 aliphatic carbocycles. The van der Waals surface area contributed by atoms with Gasteiger partial charge >= 0.3 is 11.9 Å². The molecule has 0 N–H and O–H groups in total. The summed E-state index contributed by atoms with van der Waals surface area (Å²) in [6, 6.07) is 5.12. The number of carbonyl (C=O) groups is 1. The molecular formula is C12H10Cl2N2O3. The van der Waals surface area contributed by atoms with Crippen molar-refractivity contribution in [1.29, 1.82) is 0 Å². The van der Waals surface area contributed by atoms with Crippen LogP contribution < -0.4 is 0 Å². The van der Waals surface area contributed by atoms with E-state index in [0.717, 1.165) is 5.56 Å². The second-order valence-electron chi connectivity index (χ2n) is 3.65. The second kappa shape index (κ2) is 6.04. The van der Waals surface area contributed by atoms with Crippen molar-refractivity contribution in [1.82, 2.24) is 10.1 Å². The van der Waals surface area contributed by atoms with Crippen LogP contribution in [0.15, 0.2) is 22.7 Å². The van der Waals surface area contributed by atoms with Crippen LogP contribution in [0.3, 0.4) is 0 Å². The molecule has 5 nitrogen and oxygen atoms in total. The van der Waals surface area contributed by atoms with Gasteiger partial charge < -0.3 is 9.26 Å². The molecule has 0 fully saturated rings. The van der Waals surface area contributed by atoms with Crippen molar-refractivity contribution < 1.29 is 14.1 Å². The van der Waals surface area contributed by atoms with Gasteiger partial charge in [-0.05, 0) is 24.6 Å². The minimum atomic E-state index is -0.636. The molecule has 0 bridgehead atoms. The fourth-order valence-corrected chi connectivity index (χ4v) is 1.91. The number of benzene rings is 1. The van der Waals surface area contributed by atoms with Gasteiger partial charge in [0.25, 0.3) is 0 Å². The predicted molar refractivity (Wildman–Crippen MR) is 69.5 cm³/mol. The van der Waals surface area contributed by atoms with Gasteiger partial charge in [-0.25, -0.2) is 4.79 Å². The van der Waals surface area contributed by atoms with Crippen molar-refractivity contribution in [3.05, 3.63) is 45.5 Å². The first kappa shape index (κ1) is 13.8. The van der Waals surface area contributed by atoms with E-state index in [1.54, 1.807) is 25.1 Å². The molecule has 0 aliphatic heterocycles. The average Bonchev–Trinajstić information content (AvgIpc) is 2.82. The van der Waals surface area contributed by atoms with E-state index in [4.69, 9.17) is 32.5 Å². The fourth-order valence-electron chi connectivity index (χ4n) is 1.44. The van der Waals surface area contributed by atoms with E-state index in [1.165, 1.54) is 0 Å². The van der Waals surface area contributed by atoms with Crippen LogP contribution in [-0.4, -0.2) is 22.7 Å². The lowest BCUT2D eigenvalue weighted by Gasteiger charge is -2.00. The molecular weight excluding hydrogens is 291 g/mol. The molecule has 0 aliphatic rings.